The highest BCUT2D eigenvalue weighted by Crippen LogP contribution is 2.14. The fraction of sp³-hybridized carbons (Fsp3) is 0.694. The van der Waals surface area contributed by atoms with Gasteiger partial charge in [0.1, 0.15) is 13.2 Å². The van der Waals surface area contributed by atoms with Crippen LogP contribution in [-0.2, 0) is 28.6 Å². The standard InChI is InChI=1S/C62H104O6/c1-4-7-10-13-16-19-22-25-27-29-31-33-34-37-40-43-46-49-52-55-61(64)67-58-59(57-66-60(63)54-51-48-45-42-39-36-24-21-18-15-12-9-6-3)68-62(65)56-53-50-47-44-41-38-35-32-30-28-26-23-20-17-14-11-8-5-2/h7,10,16,19,25,27-28,30-33,35-36,39,45,48,59H,4-6,8-9,11-15,17-18,20-24,26,29,34,37-38,40-44,46-47,49-58H2,1-3H3/b10-7+,19-16+,27-25+,30-28+,33-31+,35-32+,39-36+,48-45+. The molecule has 0 aliphatic carbocycles. The summed E-state index contributed by atoms with van der Waals surface area (Å²) in [4.78, 5) is 38.1. The van der Waals surface area contributed by atoms with Crippen molar-refractivity contribution in [1.82, 2.24) is 0 Å². The summed E-state index contributed by atoms with van der Waals surface area (Å²) in [7, 11) is 0. The van der Waals surface area contributed by atoms with E-state index in [4.69, 9.17) is 14.2 Å². The number of esters is 3. The second-order valence-corrected chi connectivity index (χ2v) is 18.5. The van der Waals surface area contributed by atoms with Crippen LogP contribution in [0.1, 0.15) is 258 Å². The highest BCUT2D eigenvalue weighted by Gasteiger charge is 2.19. The van der Waals surface area contributed by atoms with Crippen LogP contribution in [0.15, 0.2) is 97.2 Å². The first kappa shape index (κ1) is 64.3. The molecule has 0 amide bonds. The molecule has 0 N–H and O–H groups in total. The minimum Gasteiger partial charge on any atom is -0.462 e. The molecule has 0 aromatic rings. The van der Waals surface area contributed by atoms with E-state index in [9.17, 15) is 14.4 Å². The van der Waals surface area contributed by atoms with Crippen LogP contribution in [0.4, 0.5) is 0 Å². The molecule has 68 heavy (non-hydrogen) atoms. The highest BCUT2D eigenvalue weighted by molar-refractivity contribution is 5.71. The molecule has 0 saturated carbocycles. The van der Waals surface area contributed by atoms with Gasteiger partial charge in [-0.15, -0.1) is 0 Å². The smallest absolute Gasteiger partial charge is 0.306 e. The van der Waals surface area contributed by atoms with Crippen LogP contribution >= 0.6 is 0 Å². The predicted molar refractivity (Wildman–Crippen MR) is 293 cm³/mol. The molecule has 0 fully saturated rings. The molecular formula is C62H104O6. The maximum Gasteiger partial charge on any atom is 0.306 e. The third-order valence-electron chi connectivity index (χ3n) is 11.8. The third-order valence-corrected chi connectivity index (χ3v) is 11.8. The number of carbonyl (C=O) groups is 3. The van der Waals surface area contributed by atoms with Crippen LogP contribution in [0.25, 0.3) is 0 Å². The Labute approximate surface area is 419 Å². The van der Waals surface area contributed by atoms with Gasteiger partial charge in [-0.25, -0.2) is 0 Å². The van der Waals surface area contributed by atoms with Crippen molar-refractivity contribution < 1.29 is 28.6 Å². The molecule has 0 aliphatic rings. The quantitative estimate of drug-likeness (QED) is 0.0199. The zero-order valence-corrected chi connectivity index (χ0v) is 44.3. The van der Waals surface area contributed by atoms with Gasteiger partial charge < -0.3 is 14.2 Å². The Balaban J connectivity index is 4.48. The van der Waals surface area contributed by atoms with E-state index in [0.717, 1.165) is 109 Å². The number of unbranched alkanes of at least 4 members (excludes halogenated alkanes) is 24. The van der Waals surface area contributed by atoms with Crippen LogP contribution in [0, 0.1) is 0 Å². The molecule has 0 rings (SSSR count). The van der Waals surface area contributed by atoms with Gasteiger partial charge in [-0.1, -0.05) is 234 Å². The van der Waals surface area contributed by atoms with Crippen molar-refractivity contribution in [2.45, 2.75) is 264 Å². The van der Waals surface area contributed by atoms with Crippen molar-refractivity contribution in [1.29, 1.82) is 0 Å². The predicted octanol–water partition coefficient (Wildman–Crippen LogP) is 18.9. The number of hydrogen-bond donors (Lipinski definition) is 0. The van der Waals surface area contributed by atoms with Crippen molar-refractivity contribution >= 4 is 17.9 Å². The first-order valence-corrected chi connectivity index (χ1v) is 28.3. The Kier molecular flexibility index (Phi) is 52.9. The van der Waals surface area contributed by atoms with Gasteiger partial charge in [-0.3, -0.25) is 14.4 Å². The van der Waals surface area contributed by atoms with E-state index in [1.807, 2.05) is 6.08 Å². The van der Waals surface area contributed by atoms with Crippen molar-refractivity contribution in [3.05, 3.63) is 97.2 Å². The van der Waals surface area contributed by atoms with Gasteiger partial charge in [0.25, 0.3) is 0 Å². The summed E-state index contributed by atoms with van der Waals surface area (Å²) in [6, 6.07) is 0. The summed E-state index contributed by atoms with van der Waals surface area (Å²) in [5, 5.41) is 0. The van der Waals surface area contributed by atoms with Crippen LogP contribution < -0.4 is 0 Å². The van der Waals surface area contributed by atoms with Gasteiger partial charge >= 0.3 is 17.9 Å². The summed E-state index contributed by atoms with van der Waals surface area (Å²) in [6.07, 6.45) is 74.1. The van der Waals surface area contributed by atoms with E-state index in [0.29, 0.717) is 19.3 Å². The zero-order chi connectivity index (χ0) is 49.3. The molecule has 0 bridgehead atoms. The van der Waals surface area contributed by atoms with E-state index < -0.39 is 6.10 Å². The van der Waals surface area contributed by atoms with Gasteiger partial charge in [0, 0.05) is 19.3 Å². The molecule has 0 aliphatic heterocycles. The van der Waals surface area contributed by atoms with Crippen LogP contribution in [0.5, 0.6) is 0 Å². The second kappa shape index (κ2) is 55.9. The SMILES string of the molecule is CC/C=C/C/C=C/C/C=C/C/C=C/CCCCCCCCC(=O)OCC(COC(=O)CC/C=C/C/C=C/CCCCCCCC)OC(=O)CCCCCCC/C=C/C=C/CCCCCCCCC. The minimum absolute atomic E-state index is 0.109. The van der Waals surface area contributed by atoms with Crippen LogP contribution in [-0.4, -0.2) is 37.2 Å². The molecule has 6 heteroatoms. The maximum absolute atomic E-state index is 12.8. The van der Waals surface area contributed by atoms with Crippen molar-refractivity contribution in [3.8, 4) is 0 Å². The lowest BCUT2D eigenvalue weighted by Crippen LogP contribution is -2.30. The molecule has 0 heterocycles. The average Bonchev–Trinajstić information content (AvgIpc) is 3.34. The lowest BCUT2D eigenvalue weighted by atomic mass is 10.1. The summed E-state index contributed by atoms with van der Waals surface area (Å²) in [5.74, 6) is -1.01. The number of allylic oxidation sites excluding steroid dienone is 16. The fourth-order valence-electron chi connectivity index (χ4n) is 7.59. The van der Waals surface area contributed by atoms with Crippen LogP contribution in [0.2, 0.25) is 0 Å². The second-order valence-electron chi connectivity index (χ2n) is 18.5. The zero-order valence-electron chi connectivity index (χ0n) is 44.3. The Morgan fingerprint density at radius 1 is 0.324 bits per heavy atom. The minimum atomic E-state index is -0.815. The monoisotopic (exact) mass is 945 g/mol. The molecular weight excluding hydrogens is 841 g/mol. The number of carbonyl (C=O) groups excluding carboxylic acids is 3. The van der Waals surface area contributed by atoms with Crippen molar-refractivity contribution in [3.63, 3.8) is 0 Å². The van der Waals surface area contributed by atoms with E-state index in [1.54, 1.807) is 0 Å². The third kappa shape index (κ3) is 53.3. The fourth-order valence-corrected chi connectivity index (χ4v) is 7.59. The molecule has 6 nitrogen and oxygen atoms in total. The van der Waals surface area contributed by atoms with E-state index >= 15 is 0 Å². The summed E-state index contributed by atoms with van der Waals surface area (Å²) in [6.45, 7) is 6.44. The average molecular weight is 946 g/mol. The number of rotatable bonds is 50. The largest absolute Gasteiger partial charge is 0.462 e. The maximum atomic E-state index is 12.8. The number of hydrogen-bond acceptors (Lipinski definition) is 6. The van der Waals surface area contributed by atoms with E-state index in [1.165, 1.54) is 103 Å². The normalized spacial score (nSPS) is 12.8. The summed E-state index contributed by atoms with van der Waals surface area (Å²) in [5.41, 5.74) is 0. The number of ether oxygens (including phenoxy) is 3. The molecule has 0 aromatic carbocycles. The molecule has 0 spiro atoms. The molecule has 388 valence electrons. The van der Waals surface area contributed by atoms with Crippen molar-refractivity contribution in [2.75, 3.05) is 13.2 Å². The van der Waals surface area contributed by atoms with Crippen LogP contribution in [0.3, 0.4) is 0 Å². The van der Waals surface area contributed by atoms with E-state index in [2.05, 4.69) is 112 Å². The Hall–Kier alpha value is -3.67. The van der Waals surface area contributed by atoms with Gasteiger partial charge in [-0.05, 0) is 103 Å². The van der Waals surface area contributed by atoms with Gasteiger partial charge in [0.05, 0.1) is 0 Å². The first-order valence-electron chi connectivity index (χ1n) is 28.3. The Morgan fingerprint density at radius 2 is 0.647 bits per heavy atom. The molecule has 0 saturated heterocycles. The lowest BCUT2D eigenvalue weighted by Gasteiger charge is -2.18. The first-order chi connectivity index (χ1) is 33.5. The molecule has 1 unspecified atom stereocenters. The lowest BCUT2D eigenvalue weighted by molar-refractivity contribution is -0.166. The Bertz CT molecular complexity index is 1360. The highest BCUT2D eigenvalue weighted by atomic mass is 16.6. The van der Waals surface area contributed by atoms with Crippen molar-refractivity contribution in [2.24, 2.45) is 0 Å². The van der Waals surface area contributed by atoms with Gasteiger partial charge in [-0.2, -0.15) is 0 Å². The van der Waals surface area contributed by atoms with E-state index in [-0.39, 0.29) is 37.5 Å². The molecule has 1 atom stereocenters. The summed E-state index contributed by atoms with van der Waals surface area (Å²) < 4.78 is 16.8. The summed E-state index contributed by atoms with van der Waals surface area (Å²) >= 11 is 0. The van der Waals surface area contributed by atoms with Gasteiger partial charge in [0.15, 0.2) is 6.10 Å². The topological polar surface area (TPSA) is 78.9 Å². The molecule has 0 radical (unpaired) electrons. The molecule has 0 aromatic heterocycles. The van der Waals surface area contributed by atoms with Gasteiger partial charge in [0.2, 0.25) is 0 Å². The Morgan fingerprint density at radius 3 is 1.07 bits per heavy atom.